The molecule has 0 aliphatic carbocycles. The second-order valence-electron chi connectivity index (χ2n) is 5.69. The summed E-state index contributed by atoms with van der Waals surface area (Å²) >= 11 is 0. The molecular formula is C16H26N2O6S. The Labute approximate surface area is 148 Å². The van der Waals surface area contributed by atoms with Crippen LogP contribution in [0.25, 0.3) is 0 Å². The van der Waals surface area contributed by atoms with Crippen LogP contribution in [0.1, 0.15) is 37.0 Å². The van der Waals surface area contributed by atoms with Gasteiger partial charge in [0.15, 0.2) is 0 Å². The first kappa shape index (κ1) is 21.4. The van der Waals surface area contributed by atoms with E-state index in [2.05, 4.69) is 10.0 Å². The van der Waals surface area contributed by atoms with E-state index in [9.17, 15) is 18.3 Å². The molecule has 142 valence electrons. The molecule has 0 atom stereocenters. The first-order valence-corrected chi connectivity index (χ1v) is 9.59. The van der Waals surface area contributed by atoms with E-state index in [0.29, 0.717) is 31.7 Å². The molecule has 0 aliphatic heterocycles. The number of anilines is 1. The summed E-state index contributed by atoms with van der Waals surface area (Å²) in [5, 5.41) is 20.9. The molecule has 0 amide bonds. The fourth-order valence-corrected chi connectivity index (χ4v) is 3.10. The maximum Gasteiger partial charge on any atom is 0.337 e. The normalized spacial score (nSPS) is 11.7. The Morgan fingerprint density at radius 2 is 1.96 bits per heavy atom. The van der Waals surface area contributed by atoms with E-state index in [0.717, 1.165) is 6.07 Å². The molecule has 0 fully saturated rings. The number of rotatable bonds is 12. The van der Waals surface area contributed by atoms with E-state index in [-0.39, 0.29) is 29.7 Å². The predicted molar refractivity (Wildman–Crippen MR) is 94.5 cm³/mol. The van der Waals surface area contributed by atoms with Crippen LogP contribution in [0.5, 0.6) is 0 Å². The lowest BCUT2D eigenvalue weighted by Gasteiger charge is -2.12. The van der Waals surface area contributed by atoms with Crippen LogP contribution in [0.3, 0.4) is 0 Å². The van der Waals surface area contributed by atoms with Crippen LogP contribution in [0.4, 0.5) is 5.69 Å². The van der Waals surface area contributed by atoms with Gasteiger partial charge in [0.05, 0.1) is 16.6 Å². The minimum atomic E-state index is -3.80. The zero-order chi connectivity index (χ0) is 18.9. The molecule has 1 aromatic carbocycles. The standard InChI is InChI=1S/C16H26N2O6S/c1-12(2)24-10-4-8-18-25(22,23)13-5-6-15(17-7-3-9-19)14(11-13)16(20)21/h5-6,11-12,17-19H,3-4,7-10H2,1-2H3,(H,20,21). The molecule has 1 aromatic rings. The Bertz CT molecular complexity index is 661. The molecule has 25 heavy (non-hydrogen) atoms. The number of carbonyl (C=O) groups is 1. The van der Waals surface area contributed by atoms with Crippen LogP contribution >= 0.6 is 0 Å². The SMILES string of the molecule is CC(C)OCCCNS(=O)(=O)c1ccc(NCCCO)c(C(=O)O)c1. The predicted octanol–water partition coefficient (Wildman–Crippen LogP) is 1.27. The van der Waals surface area contributed by atoms with Gasteiger partial charge in [0, 0.05) is 32.0 Å². The van der Waals surface area contributed by atoms with E-state index in [1.807, 2.05) is 13.8 Å². The topological polar surface area (TPSA) is 125 Å². The van der Waals surface area contributed by atoms with Crippen molar-refractivity contribution >= 4 is 21.7 Å². The second kappa shape index (κ2) is 10.3. The average molecular weight is 374 g/mol. The first-order chi connectivity index (χ1) is 11.8. The van der Waals surface area contributed by atoms with Crippen molar-refractivity contribution in [3.8, 4) is 0 Å². The van der Waals surface area contributed by atoms with Gasteiger partial charge in [-0.2, -0.15) is 0 Å². The fraction of sp³-hybridized carbons (Fsp3) is 0.562. The Morgan fingerprint density at radius 1 is 1.24 bits per heavy atom. The fourth-order valence-electron chi connectivity index (χ4n) is 2.00. The molecular weight excluding hydrogens is 348 g/mol. The highest BCUT2D eigenvalue weighted by Crippen LogP contribution is 2.20. The summed E-state index contributed by atoms with van der Waals surface area (Å²) in [6.07, 6.45) is 1.06. The van der Waals surface area contributed by atoms with E-state index < -0.39 is 16.0 Å². The molecule has 0 aliphatic rings. The Balaban J connectivity index is 2.78. The van der Waals surface area contributed by atoms with Crippen molar-refractivity contribution in [2.75, 3.05) is 31.6 Å². The summed E-state index contributed by atoms with van der Waals surface area (Å²) in [5.41, 5.74) is 0.175. The van der Waals surface area contributed by atoms with Crippen molar-refractivity contribution in [1.29, 1.82) is 0 Å². The van der Waals surface area contributed by atoms with E-state index in [4.69, 9.17) is 9.84 Å². The lowest BCUT2D eigenvalue weighted by molar-refractivity contribution is 0.0697. The van der Waals surface area contributed by atoms with Gasteiger partial charge < -0.3 is 20.3 Å². The first-order valence-electron chi connectivity index (χ1n) is 8.11. The molecule has 0 unspecified atom stereocenters. The van der Waals surface area contributed by atoms with Crippen LogP contribution in [-0.2, 0) is 14.8 Å². The monoisotopic (exact) mass is 374 g/mol. The number of carboxylic acid groups (broad SMARTS) is 1. The average Bonchev–Trinajstić information content (AvgIpc) is 2.54. The number of hydrogen-bond donors (Lipinski definition) is 4. The largest absolute Gasteiger partial charge is 0.478 e. The number of nitrogens with one attached hydrogen (secondary N) is 2. The highest BCUT2D eigenvalue weighted by molar-refractivity contribution is 7.89. The number of aliphatic hydroxyl groups excluding tert-OH is 1. The van der Waals surface area contributed by atoms with Crippen molar-refractivity contribution in [3.63, 3.8) is 0 Å². The maximum atomic E-state index is 12.3. The number of benzene rings is 1. The molecule has 9 heteroatoms. The molecule has 1 rings (SSSR count). The van der Waals surface area contributed by atoms with Gasteiger partial charge in [0.1, 0.15) is 0 Å². The van der Waals surface area contributed by atoms with Crippen molar-refractivity contribution in [2.45, 2.75) is 37.7 Å². The van der Waals surface area contributed by atoms with Gasteiger partial charge in [-0.15, -0.1) is 0 Å². The molecule has 8 nitrogen and oxygen atoms in total. The second-order valence-corrected chi connectivity index (χ2v) is 7.45. The van der Waals surface area contributed by atoms with Crippen molar-refractivity contribution in [3.05, 3.63) is 23.8 Å². The third kappa shape index (κ3) is 7.39. The molecule has 4 N–H and O–H groups in total. The quantitative estimate of drug-likeness (QED) is 0.406. The highest BCUT2D eigenvalue weighted by atomic mass is 32.2. The third-order valence-corrected chi connectivity index (χ3v) is 4.71. The summed E-state index contributed by atoms with van der Waals surface area (Å²) < 4.78 is 32.3. The van der Waals surface area contributed by atoms with Crippen molar-refractivity contribution in [2.24, 2.45) is 0 Å². The van der Waals surface area contributed by atoms with E-state index in [1.165, 1.54) is 12.1 Å². The number of sulfonamides is 1. The van der Waals surface area contributed by atoms with Crippen molar-refractivity contribution < 1.29 is 28.2 Å². The van der Waals surface area contributed by atoms with Crippen LogP contribution in [0.15, 0.2) is 23.1 Å². The van der Waals surface area contributed by atoms with Crippen LogP contribution in [0, 0.1) is 0 Å². The van der Waals surface area contributed by atoms with Gasteiger partial charge in [-0.3, -0.25) is 0 Å². The lowest BCUT2D eigenvalue weighted by atomic mass is 10.2. The van der Waals surface area contributed by atoms with Crippen LogP contribution in [0.2, 0.25) is 0 Å². The number of carboxylic acids is 1. The molecule has 0 spiro atoms. The minimum Gasteiger partial charge on any atom is -0.478 e. The molecule has 0 heterocycles. The van der Waals surface area contributed by atoms with Crippen LogP contribution < -0.4 is 10.0 Å². The number of ether oxygens (including phenoxy) is 1. The zero-order valence-corrected chi connectivity index (χ0v) is 15.3. The van der Waals surface area contributed by atoms with Gasteiger partial charge in [-0.1, -0.05) is 0 Å². The van der Waals surface area contributed by atoms with Crippen LogP contribution in [-0.4, -0.2) is 57.0 Å². The smallest absolute Gasteiger partial charge is 0.337 e. The lowest BCUT2D eigenvalue weighted by Crippen LogP contribution is -2.26. The highest BCUT2D eigenvalue weighted by Gasteiger charge is 2.18. The summed E-state index contributed by atoms with van der Waals surface area (Å²) in [5.74, 6) is -1.23. The number of aromatic carboxylic acids is 1. The Morgan fingerprint density at radius 3 is 2.56 bits per heavy atom. The summed E-state index contributed by atoms with van der Waals surface area (Å²) in [7, 11) is -3.80. The van der Waals surface area contributed by atoms with Gasteiger partial charge in [-0.05, 0) is 44.9 Å². The van der Waals surface area contributed by atoms with E-state index in [1.54, 1.807) is 0 Å². The molecule has 0 saturated carbocycles. The molecule has 0 saturated heterocycles. The van der Waals surface area contributed by atoms with Gasteiger partial charge in [0.25, 0.3) is 0 Å². The van der Waals surface area contributed by atoms with Crippen molar-refractivity contribution in [1.82, 2.24) is 4.72 Å². The number of aliphatic hydroxyl groups is 1. The Kier molecular flexibility index (Phi) is 8.84. The summed E-state index contributed by atoms with van der Waals surface area (Å²) in [6.45, 7) is 4.80. The maximum absolute atomic E-state index is 12.3. The van der Waals surface area contributed by atoms with Gasteiger partial charge in [-0.25, -0.2) is 17.9 Å². The van der Waals surface area contributed by atoms with Gasteiger partial charge in [0.2, 0.25) is 10.0 Å². The Hall–Kier alpha value is -1.68. The minimum absolute atomic E-state index is 0.0215. The third-order valence-electron chi connectivity index (χ3n) is 3.25. The zero-order valence-electron chi connectivity index (χ0n) is 14.5. The number of hydrogen-bond acceptors (Lipinski definition) is 6. The van der Waals surface area contributed by atoms with Gasteiger partial charge >= 0.3 is 5.97 Å². The molecule has 0 bridgehead atoms. The molecule has 0 aromatic heterocycles. The van der Waals surface area contributed by atoms with E-state index >= 15 is 0 Å². The summed E-state index contributed by atoms with van der Waals surface area (Å²) in [6, 6.07) is 3.88. The summed E-state index contributed by atoms with van der Waals surface area (Å²) in [4.78, 5) is 11.3. The molecule has 0 radical (unpaired) electrons.